The predicted molar refractivity (Wildman–Crippen MR) is 117 cm³/mol. The van der Waals surface area contributed by atoms with Gasteiger partial charge in [0.1, 0.15) is 20.9 Å². The predicted octanol–water partition coefficient (Wildman–Crippen LogP) is 5.11. The molecule has 2 aromatic rings. The van der Waals surface area contributed by atoms with Crippen molar-refractivity contribution in [2.75, 3.05) is 0 Å². The van der Waals surface area contributed by atoms with Crippen LogP contribution in [0.15, 0.2) is 21.3 Å². The fourth-order valence-corrected chi connectivity index (χ4v) is 3.79. The summed E-state index contributed by atoms with van der Waals surface area (Å²) in [5, 5.41) is 8.90. The molecular weight excluding hydrogens is 492 g/mol. The Balaban J connectivity index is 0.000000309. The minimum absolute atomic E-state index is 0.0397. The van der Waals surface area contributed by atoms with Crippen LogP contribution in [0, 0.1) is 13.8 Å². The molecule has 0 saturated heterocycles. The smallest absolute Gasteiger partial charge is 0.192 e. The van der Waals surface area contributed by atoms with Crippen LogP contribution >= 0.6 is 31.9 Å². The lowest BCUT2D eigenvalue weighted by Gasteiger charge is -2.36. The normalized spacial score (nSPS) is 11.8. The maximum atomic E-state index is 8.68. The van der Waals surface area contributed by atoms with Gasteiger partial charge in [0.2, 0.25) is 0 Å². The third kappa shape index (κ3) is 8.43. The van der Waals surface area contributed by atoms with Crippen LogP contribution in [0.3, 0.4) is 0 Å². The van der Waals surface area contributed by atoms with Crippen LogP contribution in [0.4, 0.5) is 0 Å². The molecule has 2 aromatic heterocycles. The molecule has 27 heavy (non-hydrogen) atoms. The first-order chi connectivity index (χ1) is 12.3. The molecule has 9 heteroatoms. The van der Waals surface area contributed by atoms with Crippen LogP contribution in [0.25, 0.3) is 0 Å². The molecular formula is C18H28Br2N4O2Si. The van der Waals surface area contributed by atoms with E-state index in [0.717, 1.165) is 16.1 Å². The van der Waals surface area contributed by atoms with Crippen LogP contribution in [-0.2, 0) is 17.6 Å². The van der Waals surface area contributed by atoms with Crippen LogP contribution in [-0.4, -0.2) is 33.4 Å². The van der Waals surface area contributed by atoms with Crippen LogP contribution in [0.1, 0.15) is 43.8 Å². The molecule has 0 spiro atoms. The summed E-state index contributed by atoms with van der Waals surface area (Å²) >= 11 is 6.57. The molecule has 0 radical (unpaired) electrons. The molecule has 2 heterocycles. The van der Waals surface area contributed by atoms with Crippen molar-refractivity contribution in [3.05, 3.63) is 44.4 Å². The highest BCUT2D eigenvalue weighted by Crippen LogP contribution is 2.37. The van der Waals surface area contributed by atoms with Crippen molar-refractivity contribution in [1.29, 1.82) is 0 Å². The maximum Gasteiger partial charge on any atom is 0.192 e. The van der Waals surface area contributed by atoms with Crippen molar-refractivity contribution in [1.82, 2.24) is 19.9 Å². The summed E-state index contributed by atoms with van der Waals surface area (Å²) in [7, 11) is -1.70. The fraction of sp³-hybridized carbons (Fsp3) is 0.556. The minimum atomic E-state index is -1.70. The molecule has 0 aliphatic heterocycles. The molecule has 0 aliphatic carbocycles. The van der Waals surface area contributed by atoms with E-state index in [0.29, 0.717) is 22.7 Å². The van der Waals surface area contributed by atoms with Crippen molar-refractivity contribution < 1.29 is 9.53 Å². The highest BCUT2D eigenvalue weighted by Gasteiger charge is 2.37. The molecule has 0 bridgehead atoms. The van der Waals surface area contributed by atoms with E-state index in [4.69, 9.17) is 9.53 Å². The van der Waals surface area contributed by atoms with Crippen molar-refractivity contribution in [3.8, 4) is 0 Å². The number of aliphatic hydroxyl groups excluding tert-OH is 1. The molecule has 0 aliphatic rings. The topological polar surface area (TPSA) is 81.0 Å². The van der Waals surface area contributed by atoms with Gasteiger partial charge in [-0.25, -0.2) is 19.9 Å². The second-order valence-electron chi connectivity index (χ2n) is 7.67. The van der Waals surface area contributed by atoms with Gasteiger partial charge >= 0.3 is 0 Å². The minimum Gasteiger partial charge on any atom is -0.411 e. The molecule has 0 fully saturated rings. The van der Waals surface area contributed by atoms with E-state index in [-0.39, 0.29) is 11.6 Å². The van der Waals surface area contributed by atoms with E-state index >= 15 is 0 Å². The first-order valence-corrected chi connectivity index (χ1v) is 13.1. The summed E-state index contributed by atoms with van der Waals surface area (Å²) < 4.78 is 7.65. The zero-order valence-corrected chi connectivity index (χ0v) is 21.1. The van der Waals surface area contributed by atoms with Gasteiger partial charge in [-0.15, -0.1) is 0 Å². The highest BCUT2D eigenvalue weighted by atomic mass is 79.9. The van der Waals surface area contributed by atoms with Gasteiger partial charge < -0.3 is 9.53 Å². The van der Waals surface area contributed by atoms with E-state index in [2.05, 4.69) is 85.7 Å². The second kappa shape index (κ2) is 10.2. The summed E-state index contributed by atoms with van der Waals surface area (Å²) in [6.07, 6.45) is 0. The van der Waals surface area contributed by atoms with Crippen molar-refractivity contribution >= 4 is 40.2 Å². The monoisotopic (exact) mass is 518 g/mol. The third-order valence-corrected chi connectivity index (χ3v) is 9.56. The number of aromatic nitrogens is 4. The van der Waals surface area contributed by atoms with Gasteiger partial charge in [-0.1, -0.05) is 20.8 Å². The summed E-state index contributed by atoms with van der Waals surface area (Å²) in [6.45, 7) is 15.4. The van der Waals surface area contributed by atoms with Crippen LogP contribution in [0.5, 0.6) is 0 Å². The Bertz CT molecular complexity index is 727. The maximum absolute atomic E-state index is 8.68. The molecule has 0 unspecified atom stereocenters. The number of hydrogen-bond acceptors (Lipinski definition) is 6. The quantitative estimate of drug-likeness (QED) is 0.446. The molecule has 0 aromatic carbocycles. The van der Waals surface area contributed by atoms with Crippen LogP contribution < -0.4 is 0 Å². The molecule has 0 saturated carbocycles. The van der Waals surface area contributed by atoms with Gasteiger partial charge in [0.25, 0.3) is 0 Å². The van der Waals surface area contributed by atoms with E-state index in [1.165, 1.54) is 0 Å². The number of rotatable bonds is 4. The number of hydrogen-bond donors (Lipinski definition) is 1. The zero-order chi connectivity index (χ0) is 20.8. The van der Waals surface area contributed by atoms with Gasteiger partial charge in [0.15, 0.2) is 8.32 Å². The molecule has 0 atom stereocenters. The summed E-state index contributed by atoms with van der Waals surface area (Å²) in [5.74, 6) is 1.44. The van der Waals surface area contributed by atoms with E-state index in [1.807, 2.05) is 13.0 Å². The Morgan fingerprint density at radius 1 is 0.926 bits per heavy atom. The van der Waals surface area contributed by atoms with Gasteiger partial charge in [-0.3, -0.25) is 0 Å². The number of nitrogens with zero attached hydrogens (tertiary/aromatic N) is 4. The van der Waals surface area contributed by atoms with Gasteiger partial charge in [0, 0.05) is 0 Å². The molecule has 150 valence electrons. The fourth-order valence-electron chi connectivity index (χ4n) is 1.80. The average Bonchev–Trinajstić information content (AvgIpc) is 2.51. The van der Waals surface area contributed by atoms with Crippen molar-refractivity contribution in [2.24, 2.45) is 0 Å². The number of aryl methyl sites for hydroxylation is 2. The Hall–Kier alpha value is -0.743. The SMILES string of the molecule is Cc1nc(Br)cc(CO)n1.Cc1nc(Br)cc(CO[Si](C)(C)C(C)(C)C)n1. The highest BCUT2D eigenvalue weighted by molar-refractivity contribution is 9.10. The lowest BCUT2D eigenvalue weighted by atomic mass is 10.2. The van der Waals surface area contributed by atoms with E-state index in [1.54, 1.807) is 13.0 Å². The molecule has 6 nitrogen and oxygen atoms in total. The molecule has 0 amide bonds. The lowest BCUT2D eigenvalue weighted by molar-refractivity contribution is 0.271. The Kier molecular flexibility index (Phi) is 9.14. The summed E-state index contributed by atoms with van der Waals surface area (Å²) in [6, 6.07) is 3.60. The van der Waals surface area contributed by atoms with E-state index < -0.39 is 8.32 Å². The Labute approximate surface area is 179 Å². The van der Waals surface area contributed by atoms with Gasteiger partial charge in [-0.05, 0) is 76.0 Å². The second-order valence-corrected chi connectivity index (χ2v) is 14.1. The first-order valence-electron chi connectivity index (χ1n) is 8.59. The standard InChI is InChI=1S/C12H21BrN2OSi.C6H7BrN2O/c1-9-14-10(7-11(13)15-9)8-16-17(5,6)12(2,3)4;1-4-8-5(3-10)2-6(7)9-4/h7H,8H2,1-6H3;2,10H,3H2,1H3. The zero-order valence-electron chi connectivity index (χ0n) is 17.0. The Morgan fingerprint density at radius 3 is 1.78 bits per heavy atom. The average molecular weight is 520 g/mol. The third-order valence-electron chi connectivity index (χ3n) is 4.27. The Morgan fingerprint density at radius 2 is 1.37 bits per heavy atom. The molecule has 1 N–H and O–H groups in total. The largest absolute Gasteiger partial charge is 0.411 e. The van der Waals surface area contributed by atoms with Crippen LogP contribution in [0.2, 0.25) is 18.1 Å². The van der Waals surface area contributed by atoms with Gasteiger partial charge in [0.05, 0.1) is 24.6 Å². The van der Waals surface area contributed by atoms with E-state index in [9.17, 15) is 0 Å². The van der Waals surface area contributed by atoms with Gasteiger partial charge in [-0.2, -0.15) is 0 Å². The van der Waals surface area contributed by atoms with Crippen molar-refractivity contribution in [2.45, 2.75) is 66.0 Å². The first kappa shape index (κ1) is 24.3. The summed E-state index contributed by atoms with van der Waals surface area (Å²) in [4.78, 5) is 16.5. The summed E-state index contributed by atoms with van der Waals surface area (Å²) in [5.41, 5.74) is 1.58. The lowest BCUT2D eigenvalue weighted by Crippen LogP contribution is -2.40. The van der Waals surface area contributed by atoms with Crippen molar-refractivity contribution in [3.63, 3.8) is 0 Å². The number of halogens is 2. The molecule has 2 rings (SSSR count). The number of aliphatic hydroxyl groups is 1.